The molecule has 0 saturated carbocycles. The fourth-order valence-corrected chi connectivity index (χ4v) is 2.94. The van der Waals surface area contributed by atoms with Gasteiger partial charge in [-0.25, -0.2) is 4.79 Å². The highest BCUT2D eigenvalue weighted by atomic mass is 127. The van der Waals surface area contributed by atoms with Gasteiger partial charge in [0.2, 0.25) is 0 Å². The Hall–Kier alpha value is -1.41. The predicted molar refractivity (Wildman–Crippen MR) is 83.1 cm³/mol. The Balaban J connectivity index is 2.18. The van der Waals surface area contributed by atoms with Crippen LogP contribution < -0.4 is 5.32 Å². The van der Waals surface area contributed by atoms with Gasteiger partial charge in [-0.1, -0.05) is 0 Å². The number of aryl methyl sites for hydroxylation is 1. The Bertz CT molecular complexity index is 651. The molecule has 2 rings (SSSR count). The summed E-state index contributed by atoms with van der Waals surface area (Å²) in [6.07, 6.45) is 0. The lowest BCUT2D eigenvalue weighted by molar-refractivity contribution is 0.0696. The summed E-state index contributed by atoms with van der Waals surface area (Å²) in [6.45, 7) is 1.70. The first-order valence-electron chi connectivity index (χ1n) is 5.36. The molecule has 1 aromatic heterocycles. The van der Waals surface area contributed by atoms with E-state index < -0.39 is 5.97 Å². The fourth-order valence-electron chi connectivity index (χ4n) is 1.61. The van der Waals surface area contributed by atoms with Crippen LogP contribution in [0.3, 0.4) is 0 Å². The third-order valence-corrected chi connectivity index (χ3v) is 4.33. The fraction of sp³-hybridized carbons (Fsp3) is 0.0769. The lowest BCUT2D eigenvalue weighted by Crippen LogP contribution is -2.11. The molecular weight excluding hydrogens is 377 g/mol. The second-order valence-electron chi connectivity index (χ2n) is 3.93. The van der Waals surface area contributed by atoms with Gasteiger partial charge in [0.1, 0.15) is 0 Å². The first-order valence-corrected chi connectivity index (χ1v) is 7.32. The molecule has 2 N–H and O–H groups in total. The molecule has 0 aliphatic heterocycles. The predicted octanol–water partition coefficient (Wildman–Crippen LogP) is 3.61. The lowest BCUT2D eigenvalue weighted by atomic mass is 10.1. The number of carbonyl (C=O) groups is 2. The van der Waals surface area contributed by atoms with Crippen LogP contribution in [0.1, 0.15) is 26.3 Å². The van der Waals surface area contributed by atoms with Crippen molar-refractivity contribution >= 4 is 51.5 Å². The van der Waals surface area contributed by atoms with Crippen molar-refractivity contribution < 1.29 is 14.7 Å². The van der Waals surface area contributed by atoms with Gasteiger partial charge in [-0.2, -0.15) is 0 Å². The maximum Gasteiger partial charge on any atom is 0.335 e. The summed E-state index contributed by atoms with van der Waals surface area (Å²) >= 11 is 3.66. The van der Waals surface area contributed by atoms with Crippen LogP contribution in [0.25, 0.3) is 0 Å². The van der Waals surface area contributed by atoms with Crippen molar-refractivity contribution in [3.8, 4) is 0 Å². The molecule has 0 bridgehead atoms. The number of rotatable bonds is 3. The van der Waals surface area contributed by atoms with Crippen LogP contribution in [-0.2, 0) is 0 Å². The normalized spacial score (nSPS) is 10.2. The van der Waals surface area contributed by atoms with E-state index in [0.717, 1.165) is 2.88 Å². The van der Waals surface area contributed by atoms with E-state index in [9.17, 15) is 9.59 Å². The Labute approximate surface area is 127 Å². The molecule has 1 amide bonds. The summed E-state index contributed by atoms with van der Waals surface area (Å²) in [5, 5.41) is 13.5. The molecule has 1 heterocycles. The number of carboxylic acids is 1. The van der Waals surface area contributed by atoms with E-state index in [2.05, 4.69) is 27.9 Å². The summed E-state index contributed by atoms with van der Waals surface area (Å²) in [5.41, 5.74) is 2.05. The second kappa shape index (κ2) is 5.70. The van der Waals surface area contributed by atoms with Crippen LogP contribution in [0.15, 0.2) is 29.6 Å². The van der Waals surface area contributed by atoms with Crippen LogP contribution in [-0.4, -0.2) is 17.0 Å². The average molecular weight is 387 g/mol. The van der Waals surface area contributed by atoms with Crippen molar-refractivity contribution in [1.29, 1.82) is 0 Å². The number of carbonyl (C=O) groups excluding carboxylic acids is 1. The molecule has 0 saturated heterocycles. The van der Waals surface area contributed by atoms with Gasteiger partial charge in [0.15, 0.2) is 0 Å². The van der Waals surface area contributed by atoms with Gasteiger partial charge in [-0.15, -0.1) is 11.3 Å². The molecule has 0 atom stereocenters. The summed E-state index contributed by atoms with van der Waals surface area (Å²) in [5.74, 6) is -1.16. The van der Waals surface area contributed by atoms with E-state index in [1.165, 1.54) is 17.4 Å². The summed E-state index contributed by atoms with van der Waals surface area (Å²) < 4.78 is 1.04. The van der Waals surface area contributed by atoms with E-state index in [1.807, 2.05) is 0 Å². The van der Waals surface area contributed by atoms with Crippen LogP contribution in [0.2, 0.25) is 0 Å². The minimum Gasteiger partial charge on any atom is -0.478 e. The highest BCUT2D eigenvalue weighted by molar-refractivity contribution is 14.1. The number of nitrogens with one attached hydrogen (secondary N) is 1. The molecule has 0 aliphatic carbocycles. The lowest BCUT2D eigenvalue weighted by Gasteiger charge is -2.06. The summed E-state index contributed by atoms with van der Waals surface area (Å²) in [4.78, 5) is 22.8. The van der Waals surface area contributed by atoms with Crippen molar-refractivity contribution in [2.24, 2.45) is 0 Å². The smallest absolute Gasteiger partial charge is 0.335 e. The Morgan fingerprint density at radius 2 is 2.05 bits per heavy atom. The molecule has 19 heavy (non-hydrogen) atoms. The molecule has 98 valence electrons. The maximum atomic E-state index is 11.9. The van der Waals surface area contributed by atoms with Gasteiger partial charge in [-0.05, 0) is 59.3 Å². The van der Waals surface area contributed by atoms with E-state index in [-0.39, 0.29) is 11.5 Å². The quantitative estimate of drug-likeness (QED) is 0.791. The number of halogens is 1. The van der Waals surface area contributed by atoms with E-state index in [1.54, 1.807) is 30.5 Å². The van der Waals surface area contributed by atoms with Gasteiger partial charge in [0.05, 0.1) is 14.0 Å². The molecule has 6 heteroatoms. The largest absolute Gasteiger partial charge is 0.478 e. The first-order chi connectivity index (χ1) is 8.97. The molecule has 0 spiro atoms. The van der Waals surface area contributed by atoms with Gasteiger partial charge >= 0.3 is 5.97 Å². The second-order valence-corrected chi connectivity index (χ2v) is 6.73. The van der Waals surface area contributed by atoms with E-state index >= 15 is 0 Å². The number of hydrogen-bond donors (Lipinski definition) is 2. The van der Waals surface area contributed by atoms with Gasteiger partial charge in [0.25, 0.3) is 5.91 Å². The van der Waals surface area contributed by atoms with Crippen LogP contribution >= 0.6 is 33.9 Å². The van der Waals surface area contributed by atoms with Gasteiger partial charge in [-0.3, -0.25) is 4.79 Å². The molecule has 2 aromatic rings. The molecule has 0 aliphatic rings. The van der Waals surface area contributed by atoms with Gasteiger partial charge < -0.3 is 10.4 Å². The zero-order chi connectivity index (χ0) is 14.0. The van der Waals surface area contributed by atoms with Crippen molar-refractivity contribution in [3.63, 3.8) is 0 Å². The number of amides is 1. The minimum absolute atomic E-state index is 0.193. The number of thiophene rings is 1. The van der Waals surface area contributed by atoms with Crippen LogP contribution in [0.5, 0.6) is 0 Å². The topological polar surface area (TPSA) is 66.4 Å². The average Bonchev–Trinajstić information content (AvgIpc) is 2.75. The third kappa shape index (κ3) is 3.32. The third-order valence-electron chi connectivity index (χ3n) is 2.54. The maximum absolute atomic E-state index is 11.9. The Morgan fingerprint density at radius 3 is 2.58 bits per heavy atom. The summed E-state index contributed by atoms with van der Waals surface area (Å²) in [7, 11) is 0. The molecule has 0 unspecified atom stereocenters. The first kappa shape index (κ1) is 14.0. The summed E-state index contributed by atoms with van der Waals surface area (Å²) in [6, 6.07) is 6.54. The Kier molecular flexibility index (Phi) is 4.20. The Morgan fingerprint density at radius 1 is 1.32 bits per heavy atom. The van der Waals surface area contributed by atoms with Crippen LogP contribution in [0.4, 0.5) is 5.69 Å². The zero-order valence-electron chi connectivity index (χ0n) is 9.94. The monoisotopic (exact) mass is 387 g/mol. The number of benzene rings is 1. The van der Waals surface area contributed by atoms with Crippen molar-refractivity contribution in [2.75, 3.05) is 5.32 Å². The molecule has 4 nitrogen and oxygen atoms in total. The molecule has 0 fully saturated rings. The number of aromatic carboxylic acids is 1. The van der Waals surface area contributed by atoms with E-state index in [0.29, 0.717) is 16.8 Å². The molecule has 0 radical (unpaired) electrons. The SMILES string of the molecule is Cc1cc(NC(=O)c2csc(I)c2)ccc1C(=O)O. The standard InChI is InChI=1S/C13H10INO3S/c1-7-4-9(2-3-10(7)13(17)18)15-12(16)8-5-11(14)19-6-8/h2-6H,1H3,(H,15,16)(H,17,18). The molecular formula is C13H10INO3S. The van der Waals surface area contributed by atoms with Gasteiger partial charge in [0, 0.05) is 11.1 Å². The van der Waals surface area contributed by atoms with Crippen LogP contribution in [0, 0.1) is 9.81 Å². The zero-order valence-corrected chi connectivity index (χ0v) is 12.9. The highest BCUT2D eigenvalue weighted by Gasteiger charge is 2.11. The number of hydrogen-bond acceptors (Lipinski definition) is 3. The van der Waals surface area contributed by atoms with Crippen molar-refractivity contribution in [1.82, 2.24) is 0 Å². The minimum atomic E-state index is -0.970. The van der Waals surface area contributed by atoms with E-state index in [4.69, 9.17) is 5.11 Å². The van der Waals surface area contributed by atoms with Crippen molar-refractivity contribution in [2.45, 2.75) is 6.92 Å². The molecule has 1 aromatic carbocycles. The number of anilines is 1. The highest BCUT2D eigenvalue weighted by Crippen LogP contribution is 2.19. The van der Waals surface area contributed by atoms with Crippen molar-refractivity contribution in [3.05, 3.63) is 49.2 Å². The number of carboxylic acid groups (broad SMARTS) is 1.